The number of ether oxygens (including phenoxy) is 7. The van der Waals surface area contributed by atoms with Crippen molar-refractivity contribution in [2.24, 2.45) is 0 Å². The predicted octanol–water partition coefficient (Wildman–Crippen LogP) is 4.48. The van der Waals surface area contributed by atoms with Gasteiger partial charge < -0.3 is 38.3 Å². The fourth-order valence-corrected chi connectivity index (χ4v) is 4.75. The molecular formula is C36H34O11. The van der Waals surface area contributed by atoms with Crippen LogP contribution in [0, 0.1) is 0 Å². The standard InChI is InChI=1S/C36H34O11/c1-41-28-19-11-12-20-29(28)42-21-27(37)22-44-36-32(47-35(40)26-17-9-4-10-18-26)31(46-34(39)25-15-7-3-8-16-25)30(45-36)23-43-33(38)24-13-5-2-6-14-24/h2-20,27,30-32,36-37H,21-23H2,1H3/t27-,30-,31+,32-,36-/m1/s1. The normalized spacial score (nSPS) is 19.3. The summed E-state index contributed by atoms with van der Waals surface area (Å²) >= 11 is 0. The van der Waals surface area contributed by atoms with Crippen molar-refractivity contribution in [1.29, 1.82) is 0 Å². The molecule has 4 aromatic carbocycles. The van der Waals surface area contributed by atoms with E-state index >= 15 is 0 Å². The van der Waals surface area contributed by atoms with Crippen LogP contribution in [-0.4, -0.2) is 80.7 Å². The van der Waals surface area contributed by atoms with E-state index in [2.05, 4.69) is 0 Å². The predicted molar refractivity (Wildman–Crippen MR) is 167 cm³/mol. The zero-order valence-electron chi connectivity index (χ0n) is 25.5. The Morgan fingerprint density at radius 1 is 0.660 bits per heavy atom. The van der Waals surface area contributed by atoms with Gasteiger partial charge >= 0.3 is 17.9 Å². The number of carbonyl (C=O) groups excluding carboxylic acids is 3. The molecule has 5 atom stereocenters. The maximum Gasteiger partial charge on any atom is 0.338 e. The van der Waals surface area contributed by atoms with Gasteiger partial charge in [0.1, 0.15) is 25.4 Å². The first-order valence-corrected chi connectivity index (χ1v) is 14.9. The number of hydrogen-bond donors (Lipinski definition) is 1. The summed E-state index contributed by atoms with van der Waals surface area (Å²) < 4.78 is 40.2. The number of esters is 3. The van der Waals surface area contributed by atoms with E-state index in [0.29, 0.717) is 17.1 Å². The zero-order chi connectivity index (χ0) is 33.0. The number of carbonyl (C=O) groups is 3. The van der Waals surface area contributed by atoms with E-state index in [1.165, 1.54) is 7.11 Å². The highest BCUT2D eigenvalue weighted by Crippen LogP contribution is 2.31. The summed E-state index contributed by atoms with van der Waals surface area (Å²) in [7, 11) is 1.50. The molecular weight excluding hydrogens is 608 g/mol. The Bertz CT molecular complexity index is 1600. The van der Waals surface area contributed by atoms with Gasteiger partial charge in [0, 0.05) is 0 Å². The summed E-state index contributed by atoms with van der Waals surface area (Å²) in [4.78, 5) is 39.2. The van der Waals surface area contributed by atoms with Crippen molar-refractivity contribution < 1.29 is 52.6 Å². The SMILES string of the molecule is COc1ccccc1OC[C@@H](O)CO[C@@H]1O[C@H](COC(=O)c2ccccc2)[C@H](OC(=O)c2ccccc2)[C@H]1OC(=O)c1ccccc1. The molecule has 1 aliphatic heterocycles. The van der Waals surface area contributed by atoms with Gasteiger partial charge in [-0.15, -0.1) is 0 Å². The first-order valence-electron chi connectivity index (χ1n) is 14.9. The smallest absolute Gasteiger partial charge is 0.338 e. The molecule has 0 spiro atoms. The Balaban J connectivity index is 1.35. The summed E-state index contributed by atoms with van der Waals surface area (Å²) in [5, 5.41) is 10.7. The van der Waals surface area contributed by atoms with Crippen molar-refractivity contribution in [2.45, 2.75) is 30.7 Å². The number of aliphatic hydroxyl groups is 1. The first-order chi connectivity index (χ1) is 22.9. The van der Waals surface area contributed by atoms with E-state index in [0.717, 1.165) is 0 Å². The minimum absolute atomic E-state index is 0.161. The zero-order valence-corrected chi connectivity index (χ0v) is 25.5. The molecule has 11 nitrogen and oxygen atoms in total. The molecule has 1 fully saturated rings. The van der Waals surface area contributed by atoms with Crippen LogP contribution in [0.4, 0.5) is 0 Å². The third-order valence-corrected chi connectivity index (χ3v) is 7.11. The number of aliphatic hydroxyl groups excluding tert-OH is 1. The first kappa shape index (κ1) is 33.1. The second-order valence-electron chi connectivity index (χ2n) is 10.4. The molecule has 244 valence electrons. The van der Waals surface area contributed by atoms with E-state index in [-0.39, 0.29) is 30.9 Å². The molecule has 5 rings (SSSR count). The van der Waals surface area contributed by atoms with E-state index in [1.807, 2.05) is 0 Å². The van der Waals surface area contributed by atoms with Gasteiger partial charge in [-0.2, -0.15) is 0 Å². The second kappa shape index (κ2) is 16.4. The summed E-state index contributed by atoms with van der Waals surface area (Å²) in [6.07, 6.45) is -6.13. The molecule has 0 amide bonds. The number of hydrogen-bond acceptors (Lipinski definition) is 11. The highest BCUT2D eigenvalue weighted by molar-refractivity contribution is 5.91. The molecule has 1 saturated heterocycles. The highest BCUT2D eigenvalue weighted by atomic mass is 16.7. The van der Waals surface area contributed by atoms with Crippen molar-refractivity contribution in [3.8, 4) is 11.5 Å². The van der Waals surface area contributed by atoms with Crippen molar-refractivity contribution >= 4 is 17.9 Å². The Morgan fingerprint density at radius 3 is 1.70 bits per heavy atom. The number of rotatable bonds is 14. The third kappa shape index (κ3) is 8.95. The van der Waals surface area contributed by atoms with Crippen LogP contribution < -0.4 is 9.47 Å². The fraction of sp³-hybridized carbons (Fsp3) is 0.250. The van der Waals surface area contributed by atoms with Gasteiger partial charge in [-0.25, -0.2) is 14.4 Å². The molecule has 4 aromatic rings. The van der Waals surface area contributed by atoms with Crippen LogP contribution in [0.15, 0.2) is 115 Å². The molecule has 0 radical (unpaired) electrons. The summed E-state index contributed by atoms with van der Waals surface area (Å²) in [5.41, 5.74) is 0.791. The van der Waals surface area contributed by atoms with Crippen LogP contribution in [0.1, 0.15) is 31.1 Å². The van der Waals surface area contributed by atoms with Gasteiger partial charge in [-0.05, 0) is 48.5 Å². The lowest BCUT2D eigenvalue weighted by atomic mass is 10.1. The van der Waals surface area contributed by atoms with Gasteiger partial charge in [-0.1, -0.05) is 66.7 Å². The minimum Gasteiger partial charge on any atom is -0.493 e. The second-order valence-corrected chi connectivity index (χ2v) is 10.4. The topological polar surface area (TPSA) is 136 Å². The minimum atomic E-state index is -1.32. The molecule has 1 aliphatic rings. The van der Waals surface area contributed by atoms with Crippen LogP contribution >= 0.6 is 0 Å². The lowest BCUT2D eigenvalue weighted by Gasteiger charge is -2.25. The highest BCUT2D eigenvalue weighted by Gasteiger charge is 2.51. The van der Waals surface area contributed by atoms with Gasteiger partial charge in [0.15, 0.2) is 30.0 Å². The average Bonchev–Trinajstić information content (AvgIpc) is 3.44. The van der Waals surface area contributed by atoms with Gasteiger partial charge in [0.25, 0.3) is 0 Å². The molecule has 1 N–H and O–H groups in total. The molecule has 0 bridgehead atoms. The van der Waals surface area contributed by atoms with Gasteiger partial charge in [0.05, 0.1) is 30.4 Å². The van der Waals surface area contributed by atoms with Crippen LogP contribution in [0.25, 0.3) is 0 Å². The van der Waals surface area contributed by atoms with E-state index in [4.69, 9.17) is 33.2 Å². The Kier molecular flexibility index (Phi) is 11.5. The Morgan fingerprint density at radius 2 is 1.15 bits per heavy atom. The molecule has 0 unspecified atom stereocenters. The Labute approximate surface area is 271 Å². The molecule has 1 heterocycles. The number of benzene rings is 4. The lowest BCUT2D eigenvalue weighted by molar-refractivity contribution is -0.183. The van der Waals surface area contributed by atoms with Crippen molar-refractivity contribution in [1.82, 2.24) is 0 Å². The van der Waals surface area contributed by atoms with Crippen molar-refractivity contribution in [3.05, 3.63) is 132 Å². The van der Waals surface area contributed by atoms with Gasteiger partial charge in [-0.3, -0.25) is 0 Å². The number of para-hydroxylation sites is 2. The summed E-state index contributed by atoms with van der Waals surface area (Å²) in [6.45, 7) is -0.833. The monoisotopic (exact) mass is 642 g/mol. The summed E-state index contributed by atoms with van der Waals surface area (Å²) in [5.74, 6) is -1.16. The average molecular weight is 643 g/mol. The van der Waals surface area contributed by atoms with E-state index < -0.39 is 48.6 Å². The van der Waals surface area contributed by atoms with Crippen LogP contribution in [-0.2, 0) is 23.7 Å². The van der Waals surface area contributed by atoms with Gasteiger partial charge in [0.2, 0.25) is 0 Å². The fourth-order valence-electron chi connectivity index (χ4n) is 4.75. The Hall–Kier alpha value is -5.23. The maximum absolute atomic E-state index is 13.2. The molecule has 11 heteroatoms. The van der Waals surface area contributed by atoms with E-state index in [9.17, 15) is 19.5 Å². The molecule has 0 aromatic heterocycles. The van der Waals surface area contributed by atoms with Crippen molar-refractivity contribution in [2.75, 3.05) is 26.9 Å². The largest absolute Gasteiger partial charge is 0.493 e. The molecule has 0 saturated carbocycles. The summed E-state index contributed by atoms with van der Waals surface area (Å²) in [6, 6.07) is 31.8. The van der Waals surface area contributed by atoms with Crippen molar-refractivity contribution in [3.63, 3.8) is 0 Å². The third-order valence-electron chi connectivity index (χ3n) is 7.11. The van der Waals surface area contributed by atoms with E-state index in [1.54, 1.807) is 115 Å². The molecule has 47 heavy (non-hydrogen) atoms. The van der Waals surface area contributed by atoms with Crippen LogP contribution in [0.2, 0.25) is 0 Å². The number of methoxy groups -OCH3 is 1. The quantitative estimate of drug-likeness (QED) is 0.154. The van der Waals surface area contributed by atoms with Crippen LogP contribution in [0.5, 0.6) is 11.5 Å². The maximum atomic E-state index is 13.2. The lowest BCUT2D eigenvalue weighted by Crippen LogP contribution is -2.43. The molecule has 0 aliphatic carbocycles. The van der Waals surface area contributed by atoms with Crippen LogP contribution in [0.3, 0.4) is 0 Å².